The predicted octanol–water partition coefficient (Wildman–Crippen LogP) is 5.18. The maximum atomic E-state index is 12.4. The first kappa shape index (κ1) is 22.6. The van der Waals surface area contributed by atoms with Gasteiger partial charge in [-0.2, -0.15) is 4.37 Å². The minimum absolute atomic E-state index is 0.210. The molecule has 10 heteroatoms. The Morgan fingerprint density at radius 3 is 2.45 bits per heavy atom. The first-order chi connectivity index (χ1) is 16.0. The van der Waals surface area contributed by atoms with Crippen LogP contribution in [0.1, 0.15) is 5.56 Å². The van der Waals surface area contributed by atoms with Gasteiger partial charge in [0.15, 0.2) is 0 Å². The molecule has 0 radical (unpaired) electrons. The van der Waals surface area contributed by atoms with E-state index >= 15 is 0 Å². The molecule has 172 valence electrons. The van der Waals surface area contributed by atoms with Crippen LogP contribution in [0, 0.1) is 0 Å². The largest absolute Gasteiger partial charge is 0.353 e. The molecular formula is C23H23ClN4O2S3. The van der Waals surface area contributed by atoms with Crippen LogP contribution in [0.15, 0.2) is 64.9 Å². The number of fused-ring (bicyclic) bond motifs is 1. The summed E-state index contributed by atoms with van der Waals surface area (Å²) in [6.45, 7) is 4.94. The predicted molar refractivity (Wildman–Crippen MR) is 139 cm³/mol. The highest BCUT2D eigenvalue weighted by Crippen LogP contribution is 2.30. The van der Waals surface area contributed by atoms with Crippen LogP contribution in [0.2, 0.25) is 4.34 Å². The third-order valence-corrected chi connectivity index (χ3v) is 9.69. The van der Waals surface area contributed by atoms with E-state index in [0.29, 0.717) is 10.0 Å². The first-order valence-electron chi connectivity index (χ1n) is 10.7. The van der Waals surface area contributed by atoms with Gasteiger partial charge in [-0.25, -0.2) is 8.42 Å². The number of thiophene rings is 1. The van der Waals surface area contributed by atoms with E-state index in [4.69, 9.17) is 11.6 Å². The zero-order chi connectivity index (χ0) is 22.8. The Morgan fingerprint density at radius 1 is 0.970 bits per heavy atom. The molecule has 1 aliphatic rings. The molecule has 5 rings (SSSR count). The molecular weight excluding hydrogens is 496 g/mol. The minimum Gasteiger partial charge on any atom is -0.353 e. The van der Waals surface area contributed by atoms with Crippen molar-refractivity contribution in [3.8, 4) is 0 Å². The van der Waals surface area contributed by atoms with Crippen LogP contribution in [0.25, 0.3) is 10.1 Å². The number of hydrogen-bond acceptors (Lipinski definition) is 7. The Hall–Kier alpha value is -2.17. The van der Waals surface area contributed by atoms with Crippen LogP contribution >= 0.6 is 34.5 Å². The van der Waals surface area contributed by atoms with Gasteiger partial charge in [-0.15, -0.1) is 11.3 Å². The fourth-order valence-electron chi connectivity index (χ4n) is 3.96. The van der Waals surface area contributed by atoms with Crippen molar-refractivity contribution in [3.05, 3.63) is 70.6 Å². The number of nitrogens with zero attached hydrogens (tertiary/aromatic N) is 3. The molecule has 2 aromatic carbocycles. The molecule has 1 aliphatic heterocycles. The average Bonchev–Trinajstić information content (AvgIpc) is 3.46. The molecule has 0 atom stereocenters. The summed E-state index contributed by atoms with van der Waals surface area (Å²) < 4.78 is 34.1. The highest BCUT2D eigenvalue weighted by molar-refractivity contribution is 7.94. The van der Waals surface area contributed by atoms with Crippen molar-refractivity contribution in [1.82, 2.24) is 9.27 Å². The van der Waals surface area contributed by atoms with Gasteiger partial charge >= 0.3 is 0 Å². The van der Waals surface area contributed by atoms with Crippen molar-refractivity contribution in [2.75, 3.05) is 42.3 Å². The summed E-state index contributed by atoms with van der Waals surface area (Å²) in [5.74, 6) is 1.11. The molecule has 0 amide bonds. The molecule has 0 saturated carbocycles. The molecule has 1 saturated heterocycles. The second-order valence-corrected chi connectivity index (χ2v) is 12.4. The Bertz CT molecular complexity index is 1340. The van der Waals surface area contributed by atoms with E-state index in [0.717, 1.165) is 56.3 Å². The monoisotopic (exact) mass is 518 g/mol. The number of piperazine rings is 1. The van der Waals surface area contributed by atoms with Crippen molar-refractivity contribution in [3.63, 3.8) is 0 Å². The van der Waals surface area contributed by atoms with Crippen LogP contribution in [-0.2, 0) is 16.4 Å². The number of sulfonamides is 1. The van der Waals surface area contributed by atoms with Crippen LogP contribution in [-0.4, -0.2) is 50.4 Å². The molecule has 0 spiro atoms. The van der Waals surface area contributed by atoms with Crippen molar-refractivity contribution >= 4 is 66.1 Å². The standard InChI is InChI=1S/C23H23ClN4O2S3/c24-21-9-10-22(31-21)33(29,30)26-18-7-5-17(6-8-18)11-12-27-13-15-28(16-14-27)23-19-3-1-2-4-20(19)32-25-23/h1-10,26H,11-16H2. The van der Waals surface area contributed by atoms with Gasteiger partial charge in [0.25, 0.3) is 10.0 Å². The fourth-order valence-corrected chi connectivity index (χ4v) is 7.30. The zero-order valence-corrected chi connectivity index (χ0v) is 21.0. The summed E-state index contributed by atoms with van der Waals surface area (Å²) in [6, 6.07) is 19.1. The molecule has 4 aromatic rings. The Kier molecular flexibility index (Phi) is 6.58. The van der Waals surface area contributed by atoms with Gasteiger partial charge in [0.2, 0.25) is 0 Å². The third-order valence-electron chi connectivity index (χ3n) is 5.77. The number of benzene rings is 2. The molecule has 1 fully saturated rings. The summed E-state index contributed by atoms with van der Waals surface area (Å²) in [4.78, 5) is 4.86. The molecule has 2 aromatic heterocycles. The lowest BCUT2D eigenvalue weighted by Gasteiger charge is -2.35. The zero-order valence-electron chi connectivity index (χ0n) is 17.8. The van der Waals surface area contributed by atoms with E-state index in [-0.39, 0.29) is 4.21 Å². The van der Waals surface area contributed by atoms with E-state index in [1.54, 1.807) is 17.6 Å². The van der Waals surface area contributed by atoms with Gasteiger partial charge in [-0.05, 0) is 59.9 Å². The van der Waals surface area contributed by atoms with Crippen LogP contribution in [0.3, 0.4) is 0 Å². The lowest BCUT2D eigenvalue weighted by molar-refractivity contribution is 0.261. The summed E-state index contributed by atoms with van der Waals surface area (Å²) in [5.41, 5.74) is 1.73. The number of halogens is 1. The van der Waals surface area contributed by atoms with Gasteiger partial charge in [0, 0.05) is 43.8 Å². The molecule has 0 bridgehead atoms. The van der Waals surface area contributed by atoms with E-state index in [2.05, 4.69) is 43.2 Å². The van der Waals surface area contributed by atoms with Crippen molar-refractivity contribution in [2.45, 2.75) is 10.6 Å². The summed E-state index contributed by atoms with van der Waals surface area (Å²) in [7, 11) is -3.61. The van der Waals surface area contributed by atoms with E-state index < -0.39 is 10.0 Å². The van der Waals surface area contributed by atoms with Crippen molar-refractivity contribution in [1.29, 1.82) is 0 Å². The molecule has 33 heavy (non-hydrogen) atoms. The quantitative estimate of drug-likeness (QED) is 0.365. The SMILES string of the molecule is O=S(=O)(Nc1ccc(CCN2CCN(c3nsc4ccccc34)CC2)cc1)c1ccc(Cl)s1. The van der Waals surface area contributed by atoms with E-state index in [1.807, 2.05) is 24.3 Å². The van der Waals surface area contributed by atoms with Crippen molar-refractivity contribution in [2.24, 2.45) is 0 Å². The second-order valence-electron chi connectivity index (χ2n) is 7.94. The van der Waals surface area contributed by atoms with Crippen LogP contribution in [0.5, 0.6) is 0 Å². The van der Waals surface area contributed by atoms with Gasteiger partial charge in [0.1, 0.15) is 10.0 Å². The fraction of sp³-hybridized carbons (Fsp3) is 0.261. The van der Waals surface area contributed by atoms with Crippen LogP contribution in [0.4, 0.5) is 11.5 Å². The molecule has 0 aliphatic carbocycles. The molecule has 6 nitrogen and oxygen atoms in total. The second kappa shape index (κ2) is 9.60. The highest BCUT2D eigenvalue weighted by atomic mass is 35.5. The van der Waals surface area contributed by atoms with Crippen LogP contribution < -0.4 is 9.62 Å². The third kappa shape index (κ3) is 5.17. The maximum Gasteiger partial charge on any atom is 0.271 e. The lowest BCUT2D eigenvalue weighted by atomic mass is 10.1. The maximum absolute atomic E-state index is 12.4. The van der Waals surface area contributed by atoms with E-state index in [1.165, 1.54) is 21.7 Å². The lowest BCUT2D eigenvalue weighted by Crippen LogP contribution is -2.47. The average molecular weight is 519 g/mol. The number of nitrogens with one attached hydrogen (secondary N) is 1. The summed E-state index contributed by atoms with van der Waals surface area (Å²) in [6.07, 6.45) is 0.924. The minimum atomic E-state index is -3.61. The summed E-state index contributed by atoms with van der Waals surface area (Å²) in [5, 5.41) is 1.24. The first-order valence-corrected chi connectivity index (χ1v) is 14.1. The Morgan fingerprint density at radius 2 is 1.73 bits per heavy atom. The topological polar surface area (TPSA) is 65.5 Å². The number of hydrogen-bond donors (Lipinski definition) is 1. The van der Waals surface area contributed by atoms with Gasteiger partial charge < -0.3 is 4.90 Å². The number of anilines is 2. The molecule has 1 N–H and O–H groups in total. The Balaban J connectivity index is 1.13. The molecule has 3 heterocycles. The smallest absolute Gasteiger partial charge is 0.271 e. The van der Waals surface area contributed by atoms with E-state index in [9.17, 15) is 8.42 Å². The highest BCUT2D eigenvalue weighted by Gasteiger charge is 2.21. The normalized spacial score (nSPS) is 15.2. The number of aromatic nitrogens is 1. The van der Waals surface area contributed by atoms with Gasteiger partial charge in [0.05, 0.1) is 9.04 Å². The van der Waals surface area contributed by atoms with Gasteiger partial charge in [-0.1, -0.05) is 35.9 Å². The van der Waals surface area contributed by atoms with Gasteiger partial charge in [-0.3, -0.25) is 9.62 Å². The Labute approximate surface area is 206 Å². The molecule has 0 unspecified atom stereocenters. The number of rotatable bonds is 7. The van der Waals surface area contributed by atoms with Crippen molar-refractivity contribution < 1.29 is 8.42 Å². The summed E-state index contributed by atoms with van der Waals surface area (Å²) >= 11 is 8.47.